The first-order valence-corrected chi connectivity index (χ1v) is 6.47. The maximum atomic E-state index is 13.2. The summed E-state index contributed by atoms with van der Waals surface area (Å²) >= 11 is 0. The Morgan fingerprint density at radius 1 is 1.29 bits per heavy atom. The fraction of sp³-hybridized carbons (Fsp3) is 0.214. The van der Waals surface area contributed by atoms with E-state index in [4.69, 9.17) is 10.5 Å². The van der Waals surface area contributed by atoms with Crippen LogP contribution in [0.2, 0.25) is 0 Å². The third-order valence-corrected chi connectivity index (χ3v) is 2.96. The molecule has 0 radical (unpaired) electrons. The molecule has 0 spiro atoms. The second-order valence-corrected chi connectivity index (χ2v) is 4.83. The van der Waals surface area contributed by atoms with Crippen LogP contribution in [0.25, 0.3) is 0 Å². The first-order valence-electron chi connectivity index (χ1n) is 6.47. The Morgan fingerprint density at radius 3 is 2.81 bits per heavy atom. The Balaban J connectivity index is 1.74. The number of carbonyl (C=O) groups excluding carboxylic acids is 1. The molecule has 6 nitrogen and oxygen atoms in total. The number of nitrogens with two attached hydrogens (primary N) is 1. The van der Waals surface area contributed by atoms with E-state index in [9.17, 15) is 9.18 Å². The predicted molar refractivity (Wildman–Crippen MR) is 74.3 cm³/mol. The lowest BCUT2D eigenvalue weighted by Crippen LogP contribution is -2.14. The number of ether oxygens (including phenoxy) is 1. The summed E-state index contributed by atoms with van der Waals surface area (Å²) in [5, 5.41) is 2.68. The highest BCUT2D eigenvalue weighted by Crippen LogP contribution is 2.30. The summed E-state index contributed by atoms with van der Waals surface area (Å²) in [5.41, 5.74) is 5.79. The molecule has 0 atom stereocenters. The Kier molecular flexibility index (Phi) is 3.39. The van der Waals surface area contributed by atoms with Gasteiger partial charge in [0.05, 0.1) is 0 Å². The summed E-state index contributed by atoms with van der Waals surface area (Å²) < 4.78 is 18.6. The molecular formula is C14H13FN4O2. The summed E-state index contributed by atoms with van der Waals surface area (Å²) in [6.07, 6.45) is 3.08. The van der Waals surface area contributed by atoms with Crippen LogP contribution in [-0.4, -0.2) is 15.9 Å². The van der Waals surface area contributed by atoms with E-state index in [-0.39, 0.29) is 29.1 Å². The molecule has 1 aliphatic rings. The van der Waals surface area contributed by atoms with Gasteiger partial charge in [-0.3, -0.25) is 4.79 Å². The van der Waals surface area contributed by atoms with Gasteiger partial charge in [-0.15, -0.1) is 0 Å². The van der Waals surface area contributed by atoms with Crippen molar-refractivity contribution in [2.45, 2.75) is 12.8 Å². The van der Waals surface area contributed by atoms with Crippen LogP contribution < -0.4 is 15.8 Å². The number of halogens is 1. The highest BCUT2D eigenvalue weighted by atomic mass is 19.1. The Morgan fingerprint density at radius 2 is 2.10 bits per heavy atom. The first kappa shape index (κ1) is 13.3. The lowest BCUT2D eigenvalue weighted by Gasteiger charge is -2.07. The minimum absolute atomic E-state index is 0.0605. The van der Waals surface area contributed by atoms with Gasteiger partial charge in [-0.25, -0.2) is 14.4 Å². The molecule has 108 valence electrons. The standard InChI is InChI=1S/C14H13FN4O2/c15-9-3-10(16)5-11(4-9)21-13-6-12(17-7-18-13)19-14(20)8-1-2-8/h3-8H,1-2,16H2,(H,17,18,19,20). The van der Waals surface area contributed by atoms with Crippen molar-refractivity contribution in [3.8, 4) is 11.6 Å². The maximum absolute atomic E-state index is 13.2. The number of anilines is 2. The molecule has 1 aromatic carbocycles. The number of nitrogens with one attached hydrogen (secondary N) is 1. The van der Waals surface area contributed by atoms with Crippen molar-refractivity contribution in [1.29, 1.82) is 0 Å². The number of aromatic nitrogens is 2. The molecule has 21 heavy (non-hydrogen) atoms. The lowest BCUT2D eigenvalue weighted by atomic mass is 10.3. The molecule has 3 N–H and O–H groups in total. The Bertz CT molecular complexity index is 668. The van der Waals surface area contributed by atoms with Crippen molar-refractivity contribution in [2.75, 3.05) is 11.1 Å². The topological polar surface area (TPSA) is 90.1 Å². The van der Waals surface area contributed by atoms with E-state index in [0.717, 1.165) is 12.8 Å². The third-order valence-electron chi connectivity index (χ3n) is 2.96. The highest BCUT2D eigenvalue weighted by Gasteiger charge is 2.29. The van der Waals surface area contributed by atoms with Gasteiger partial charge < -0.3 is 15.8 Å². The summed E-state index contributed by atoms with van der Waals surface area (Å²) in [6, 6.07) is 5.34. The minimum atomic E-state index is -0.499. The van der Waals surface area contributed by atoms with Crippen molar-refractivity contribution >= 4 is 17.4 Å². The summed E-state index contributed by atoms with van der Waals surface area (Å²) in [4.78, 5) is 19.5. The van der Waals surface area contributed by atoms with Gasteiger partial charge >= 0.3 is 0 Å². The summed E-state index contributed by atoms with van der Waals surface area (Å²) in [7, 11) is 0. The largest absolute Gasteiger partial charge is 0.439 e. The average Bonchev–Trinajstić information content (AvgIpc) is 3.21. The van der Waals surface area contributed by atoms with E-state index >= 15 is 0 Å². The van der Waals surface area contributed by atoms with Crippen LogP contribution in [-0.2, 0) is 4.79 Å². The summed E-state index contributed by atoms with van der Waals surface area (Å²) in [5.74, 6) is 0.288. The maximum Gasteiger partial charge on any atom is 0.228 e. The molecule has 1 amide bonds. The van der Waals surface area contributed by atoms with Crippen molar-refractivity contribution < 1.29 is 13.9 Å². The van der Waals surface area contributed by atoms with Crippen molar-refractivity contribution in [2.24, 2.45) is 5.92 Å². The molecule has 7 heteroatoms. The van der Waals surface area contributed by atoms with Crippen molar-refractivity contribution in [3.63, 3.8) is 0 Å². The zero-order valence-electron chi connectivity index (χ0n) is 11.0. The third kappa shape index (κ3) is 3.44. The monoisotopic (exact) mass is 288 g/mol. The molecule has 1 fully saturated rings. The van der Waals surface area contributed by atoms with Gasteiger partial charge in [0.1, 0.15) is 23.7 Å². The van der Waals surface area contributed by atoms with E-state index in [0.29, 0.717) is 5.82 Å². The van der Waals surface area contributed by atoms with E-state index in [1.807, 2.05) is 0 Å². The predicted octanol–water partition coefficient (Wildman–Crippen LogP) is 2.34. The Labute approximate surface area is 120 Å². The van der Waals surface area contributed by atoms with E-state index in [1.165, 1.54) is 30.6 Å². The quantitative estimate of drug-likeness (QED) is 0.843. The number of nitrogens with zero attached hydrogens (tertiary/aromatic N) is 2. The van der Waals surface area contributed by atoms with Gasteiger partial charge in [0.2, 0.25) is 11.8 Å². The number of hydrogen-bond acceptors (Lipinski definition) is 5. The number of benzene rings is 1. The number of nitrogen functional groups attached to an aromatic ring is 1. The highest BCUT2D eigenvalue weighted by molar-refractivity contribution is 5.93. The normalized spacial score (nSPS) is 13.8. The number of carbonyl (C=O) groups is 1. The van der Waals surface area contributed by atoms with Crippen LogP contribution in [0, 0.1) is 11.7 Å². The second kappa shape index (κ2) is 5.35. The van der Waals surface area contributed by atoms with Gasteiger partial charge in [-0.05, 0) is 18.9 Å². The van der Waals surface area contributed by atoms with Crippen LogP contribution in [0.4, 0.5) is 15.9 Å². The van der Waals surface area contributed by atoms with Gasteiger partial charge in [0.25, 0.3) is 0 Å². The lowest BCUT2D eigenvalue weighted by molar-refractivity contribution is -0.117. The van der Waals surface area contributed by atoms with Crippen molar-refractivity contribution in [1.82, 2.24) is 9.97 Å². The molecular weight excluding hydrogens is 275 g/mol. The minimum Gasteiger partial charge on any atom is -0.439 e. The molecule has 1 heterocycles. The van der Waals surface area contributed by atoms with Crippen LogP contribution in [0.15, 0.2) is 30.6 Å². The van der Waals surface area contributed by atoms with E-state index < -0.39 is 5.82 Å². The molecule has 0 bridgehead atoms. The number of rotatable bonds is 4. The fourth-order valence-electron chi connectivity index (χ4n) is 1.80. The average molecular weight is 288 g/mol. The van der Waals surface area contributed by atoms with Crippen molar-refractivity contribution in [3.05, 3.63) is 36.4 Å². The zero-order valence-corrected chi connectivity index (χ0v) is 11.0. The number of hydrogen-bond donors (Lipinski definition) is 2. The van der Waals surface area contributed by atoms with Gasteiger partial charge in [0.15, 0.2) is 0 Å². The molecule has 2 aromatic rings. The zero-order chi connectivity index (χ0) is 14.8. The van der Waals surface area contributed by atoms with E-state index in [2.05, 4.69) is 15.3 Å². The fourth-order valence-corrected chi connectivity index (χ4v) is 1.80. The summed E-state index contributed by atoms with van der Waals surface area (Å²) in [6.45, 7) is 0. The first-order chi connectivity index (χ1) is 10.1. The molecule has 1 aliphatic carbocycles. The molecule has 3 rings (SSSR count). The van der Waals surface area contributed by atoms with E-state index in [1.54, 1.807) is 0 Å². The van der Waals surface area contributed by atoms with Crippen LogP contribution in [0.3, 0.4) is 0 Å². The SMILES string of the molecule is Nc1cc(F)cc(Oc2cc(NC(=O)C3CC3)ncn2)c1. The molecule has 1 aromatic heterocycles. The molecule has 0 aliphatic heterocycles. The van der Waals surface area contributed by atoms with Crippen LogP contribution in [0.5, 0.6) is 11.6 Å². The van der Waals surface area contributed by atoms with Crippen LogP contribution >= 0.6 is 0 Å². The Hall–Kier alpha value is -2.70. The van der Waals surface area contributed by atoms with Gasteiger partial charge in [-0.2, -0.15) is 0 Å². The van der Waals surface area contributed by atoms with Gasteiger partial charge in [0, 0.05) is 29.8 Å². The molecule has 0 saturated heterocycles. The smallest absolute Gasteiger partial charge is 0.228 e. The molecule has 0 unspecified atom stereocenters. The van der Waals surface area contributed by atoms with Crippen LogP contribution in [0.1, 0.15) is 12.8 Å². The molecule has 1 saturated carbocycles. The number of amides is 1. The second-order valence-electron chi connectivity index (χ2n) is 4.83. The van der Waals surface area contributed by atoms with Gasteiger partial charge in [-0.1, -0.05) is 0 Å².